The third-order valence-corrected chi connectivity index (χ3v) is 1.88. The molecule has 5 nitrogen and oxygen atoms in total. The Morgan fingerprint density at radius 2 is 2.18 bits per heavy atom. The molecule has 1 aromatic heterocycles. The van der Waals surface area contributed by atoms with E-state index in [1.54, 1.807) is 13.0 Å². The Bertz CT molecular complexity index is 440. The van der Waals surface area contributed by atoms with E-state index in [9.17, 15) is 9.59 Å². The number of hydrogen-bond donors (Lipinski definition) is 0. The molecule has 0 aromatic carbocycles. The number of rotatable bonds is 4. The maximum absolute atomic E-state index is 11.4. The highest BCUT2D eigenvalue weighted by molar-refractivity contribution is 5.90. The fourth-order valence-corrected chi connectivity index (χ4v) is 1.11. The lowest BCUT2D eigenvalue weighted by molar-refractivity contribution is -0.134. The summed E-state index contributed by atoms with van der Waals surface area (Å²) >= 11 is 0. The first-order valence-electron chi connectivity index (χ1n) is 5.05. The number of carbonyl (C=O) groups excluding carboxylic acids is 2. The normalized spacial score (nSPS) is 10.2. The lowest BCUT2D eigenvalue weighted by atomic mass is 10.2. The summed E-state index contributed by atoms with van der Waals surface area (Å²) in [7, 11) is 1.29. The molecule has 90 valence electrons. The van der Waals surface area contributed by atoms with E-state index in [4.69, 9.17) is 4.74 Å². The molecule has 0 bridgehead atoms. The van der Waals surface area contributed by atoms with Gasteiger partial charge in [0.15, 0.2) is 0 Å². The minimum Gasteiger partial charge on any atom is -0.466 e. The molecule has 17 heavy (non-hydrogen) atoms. The number of pyridine rings is 1. The molecule has 1 aromatic rings. The van der Waals surface area contributed by atoms with Gasteiger partial charge in [-0.25, -0.2) is 9.59 Å². The van der Waals surface area contributed by atoms with Gasteiger partial charge in [-0.2, -0.15) is 0 Å². The topological polar surface area (TPSA) is 65.5 Å². The Morgan fingerprint density at radius 3 is 2.82 bits per heavy atom. The van der Waals surface area contributed by atoms with Crippen LogP contribution in [0.15, 0.2) is 24.5 Å². The maximum Gasteiger partial charge on any atom is 0.339 e. The average molecular weight is 235 g/mol. The monoisotopic (exact) mass is 235 g/mol. The van der Waals surface area contributed by atoms with Gasteiger partial charge in [-0.15, -0.1) is 0 Å². The van der Waals surface area contributed by atoms with E-state index in [0.717, 1.165) is 0 Å². The van der Waals surface area contributed by atoms with Gasteiger partial charge in [-0.3, -0.25) is 4.98 Å². The quantitative estimate of drug-likeness (QED) is 0.583. The van der Waals surface area contributed by atoms with Gasteiger partial charge in [0, 0.05) is 18.5 Å². The van der Waals surface area contributed by atoms with Crippen LogP contribution in [0, 0.1) is 0 Å². The number of ether oxygens (including phenoxy) is 2. The number of esters is 2. The molecule has 0 aliphatic carbocycles. The second kappa shape index (κ2) is 6.42. The molecule has 0 radical (unpaired) electrons. The Morgan fingerprint density at radius 1 is 1.41 bits per heavy atom. The van der Waals surface area contributed by atoms with Crippen LogP contribution in [-0.4, -0.2) is 30.6 Å². The zero-order valence-corrected chi connectivity index (χ0v) is 9.67. The number of hydrogen-bond acceptors (Lipinski definition) is 5. The van der Waals surface area contributed by atoms with E-state index in [-0.39, 0.29) is 0 Å². The van der Waals surface area contributed by atoms with Crippen molar-refractivity contribution >= 4 is 18.0 Å². The summed E-state index contributed by atoms with van der Waals surface area (Å²) in [5.74, 6) is -0.903. The number of carbonyl (C=O) groups is 2. The zero-order chi connectivity index (χ0) is 12.7. The van der Waals surface area contributed by atoms with Crippen LogP contribution in [0.4, 0.5) is 0 Å². The fraction of sp³-hybridized carbons (Fsp3) is 0.250. The Hall–Kier alpha value is -2.17. The number of aromatic nitrogens is 1. The summed E-state index contributed by atoms with van der Waals surface area (Å²) in [6, 6.07) is 1.59. The van der Waals surface area contributed by atoms with Crippen LogP contribution in [0.3, 0.4) is 0 Å². The van der Waals surface area contributed by atoms with Crippen molar-refractivity contribution in [2.75, 3.05) is 13.7 Å². The second-order valence-electron chi connectivity index (χ2n) is 3.08. The third-order valence-electron chi connectivity index (χ3n) is 1.88. The Kier molecular flexibility index (Phi) is 4.87. The van der Waals surface area contributed by atoms with E-state index in [1.807, 2.05) is 0 Å². The summed E-state index contributed by atoms with van der Waals surface area (Å²) in [6.45, 7) is 2.04. The minimum absolute atomic E-state index is 0.307. The van der Waals surface area contributed by atoms with Gasteiger partial charge in [-0.1, -0.05) is 0 Å². The molecular weight excluding hydrogens is 222 g/mol. The first-order chi connectivity index (χ1) is 8.17. The standard InChI is InChI=1S/C12H13NO4/c1-3-17-12(15)10-6-9(7-13-8-10)4-5-11(14)16-2/h4-8H,3H2,1-2H3. The van der Waals surface area contributed by atoms with Gasteiger partial charge in [0.25, 0.3) is 0 Å². The summed E-state index contributed by atoms with van der Waals surface area (Å²) in [5, 5.41) is 0. The molecule has 0 spiro atoms. The summed E-state index contributed by atoms with van der Waals surface area (Å²) < 4.78 is 9.29. The van der Waals surface area contributed by atoms with Crippen molar-refractivity contribution in [1.82, 2.24) is 4.98 Å². The highest BCUT2D eigenvalue weighted by Gasteiger charge is 2.06. The highest BCUT2D eigenvalue weighted by Crippen LogP contribution is 2.06. The highest BCUT2D eigenvalue weighted by atomic mass is 16.5. The van der Waals surface area contributed by atoms with Gasteiger partial charge in [0.1, 0.15) is 0 Å². The first kappa shape index (κ1) is 12.9. The summed E-state index contributed by atoms with van der Waals surface area (Å²) in [4.78, 5) is 26.2. The first-order valence-corrected chi connectivity index (χ1v) is 5.05. The van der Waals surface area contributed by atoms with Crippen molar-refractivity contribution < 1.29 is 19.1 Å². The van der Waals surface area contributed by atoms with Crippen LogP contribution >= 0.6 is 0 Å². The van der Waals surface area contributed by atoms with Crippen molar-refractivity contribution in [3.63, 3.8) is 0 Å². The minimum atomic E-state index is -0.466. The summed E-state index contributed by atoms with van der Waals surface area (Å²) in [6.07, 6.45) is 5.71. The largest absolute Gasteiger partial charge is 0.466 e. The lowest BCUT2D eigenvalue weighted by Crippen LogP contribution is -2.05. The van der Waals surface area contributed by atoms with Crippen LogP contribution in [0.5, 0.6) is 0 Å². The molecule has 1 heterocycles. The van der Waals surface area contributed by atoms with Crippen molar-refractivity contribution in [1.29, 1.82) is 0 Å². The van der Waals surface area contributed by atoms with E-state index in [0.29, 0.717) is 17.7 Å². The van der Waals surface area contributed by atoms with Gasteiger partial charge < -0.3 is 9.47 Å². The van der Waals surface area contributed by atoms with Gasteiger partial charge >= 0.3 is 11.9 Å². The van der Waals surface area contributed by atoms with E-state index in [1.165, 1.54) is 31.7 Å². The molecule has 0 N–H and O–H groups in total. The summed E-state index contributed by atoms with van der Waals surface area (Å²) in [5.41, 5.74) is 0.972. The van der Waals surface area contributed by atoms with Crippen LogP contribution in [0.2, 0.25) is 0 Å². The molecule has 0 atom stereocenters. The molecule has 0 amide bonds. The predicted octanol–water partition coefficient (Wildman–Crippen LogP) is 1.44. The van der Waals surface area contributed by atoms with Crippen LogP contribution in [-0.2, 0) is 14.3 Å². The van der Waals surface area contributed by atoms with Crippen molar-refractivity contribution in [2.24, 2.45) is 0 Å². The SMILES string of the molecule is CCOC(=O)c1cncc(C=CC(=O)OC)c1. The molecule has 0 aliphatic heterocycles. The molecule has 0 unspecified atom stereocenters. The Labute approximate surface area is 99.1 Å². The van der Waals surface area contributed by atoms with Gasteiger partial charge in [0.05, 0.1) is 19.3 Å². The third kappa shape index (κ3) is 4.06. The number of methoxy groups -OCH3 is 1. The molecule has 0 fully saturated rings. The van der Waals surface area contributed by atoms with Crippen LogP contribution in [0.25, 0.3) is 6.08 Å². The molecular formula is C12H13NO4. The van der Waals surface area contributed by atoms with Crippen LogP contribution < -0.4 is 0 Å². The smallest absolute Gasteiger partial charge is 0.339 e. The maximum atomic E-state index is 11.4. The van der Waals surface area contributed by atoms with E-state index in [2.05, 4.69) is 9.72 Å². The van der Waals surface area contributed by atoms with Crippen molar-refractivity contribution in [3.8, 4) is 0 Å². The average Bonchev–Trinajstić information content (AvgIpc) is 2.36. The van der Waals surface area contributed by atoms with Crippen molar-refractivity contribution in [3.05, 3.63) is 35.7 Å². The van der Waals surface area contributed by atoms with E-state index < -0.39 is 11.9 Å². The second-order valence-corrected chi connectivity index (χ2v) is 3.08. The van der Waals surface area contributed by atoms with Crippen LogP contribution in [0.1, 0.15) is 22.8 Å². The predicted molar refractivity (Wildman–Crippen MR) is 61.2 cm³/mol. The molecule has 0 saturated heterocycles. The molecule has 0 aliphatic rings. The Balaban J connectivity index is 2.82. The van der Waals surface area contributed by atoms with Gasteiger partial charge in [0.2, 0.25) is 0 Å². The molecule has 0 saturated carbocycles. The van der Waals surface area contributed by atoms with Crippen molar-refractivity contribution in [2.45, 2.75) is 6.92 Å². The fourth-order valence-electron chi connectivity index (χ4n) is 1.11. The lowest BCUT2D eigenvalue weighted by Gasteiger charge is -2.01. The van der Waals surface area contributed by atoms with E-state index >= 15 is 0 Å². The van der Waals surface area contributed by atoms with Gasteiger partial charge in [-0.05, 0) is 24.6 Å². The number of nitrogens with zero attached hydrogens (tertiary/aromatic N) is 1. The molecule has 5 heteroatoms. The molecule has 1 rings (SSSR count). The zero-order valence-electron chi connectivity index (χ0n) is 9.67.